The van der Waals surface area contributed by atoms with Gasteiger partial charge in [-0.3, -0.25) is 14.6 Å². The Bertz CT molecular complexity index is 835. The maximum absolute atomic E-state index is 12.9. The third-order valence-electron chi connectivity index (χ3n) is 5.15. The molecule has 0 aliphatic heterocycles. The highest BCUT2D eigenvalue weighted by Gasteiger charge is 2.27. The third kappa shape index (κ3) is 5.97. The Kier molecular flexibility index (Phi) is 7.10. The highest BCUT2D eigenvalue weighted by Crippen LogP contribution is 2.24. The Morgan fingerprint density at radius 2 is 1.90 bits per heavy atom. The predicted octanol–water partition coefficient (Wildman–Crippen LogP) is 2.44. The molecule has 0 aromatic carbocycles. The Labute approximate surface area is 169 Å². The van der Waals surface area contributed by atoms with Crippen molar-refractivity contribution >= 4 is 17.5 Å². The highest BCUT2D eigenvalue weighted by atomic mass is 19.1. The summed E-state index contributed by atoms with van der Waals surface area (Å²) in [7, 11) is 0. The Morgan fingerprint density at radius 3 is 2.59 bits per heavy atom. The minimum absolute atomic E-state index is 0.00901. The van der Waals surface area contributed by atoms with E-state index in [9.17, 15) is 14.0 Å². The van der Waals surface area contributed by atoms with Crippen LogP contribution < -0.4 is 16.0 Å². The van der Waals surface area contributed by atoms with Gasteiger partial charge in [0, 0.05) is 43.1 Å². The van der Waals surface area contributed by atoms with Crippen molar-refractivity contribution in [3.63, 3.8) is 0 Å². The van der Waals surface area contributed by atoms with Crippen LogP contribution >= 0.6 is 0 Å². The number of carbonyl (C=O) groups is 2. The van der Waals surface area contributed by atoms with Crippen LogP contribution in [0.5, 0.6) is 0 Å². The number of halogens is 1. The topological polar surface area (TPSA) is 96.0 Å². The van der Waals surface area contributed by atoms with E-state index in [1.165, 1.54) is 12.1 Å². The second-order valence-electron chi connectivity index (χ2n) is 7.29. The number of amides is 2. The lowest BCUT2D eigenvalue weighted by molar-refractivity contribution is -0.125. The first-order valence-electron chi connectivity index (χ1n) is 9.87. The zero-order valence-electron chi connectivity index (χ0n) is 16.5. The van der Waals surface area contributed by atoms with E-state index in [0.717, 1.165) is 43.1 Å². The average molecular weight is 399 g/mol. The molecule has 8 heteroatoms. The summed E-state index contributed by atoms with van der Waals surface area (Å²) in [5.41, 5.74) is 2.28. The molecule has 0 bridgehead atoms. The number of nitrogens with one attached hydrogen (secondary N) is 3. The first kappa shape index (κ1) is 20.7. The molecule has 1 fully saturated rings. The predicted molar refractivity (Wildman–Crippen MR) is 108 cm³/mol. The minimum atomic E-state index is -0.473. The van der Waals surface area contributed by atoms with E-state index in [0.29, 0.717) is 13.1 Å². The van der Waals surface area contributed by atoms with Gasteiger partial charge in [-0.15, -0.1) is 0 Å². The molecule has 0 atom stereocenters. The van der Waals surface area contributed by atoms with Crippen molar-refractivity contribution in [2.75, 3.05) is 18.4 Å². The second-order valence-corrected chi connectivity index (χ2v) is 7.29. The number of carbonyl (C=O) groups excluding carboxylic acids is 2. The smallest absolute Gasteiger partial charge is 0.270 e. The zero-order chi connectivity index (χ0) is 20.6. The summed E-state index contributed by atoms with van der Waals surface area (Å²) in [5, 5.41) is 9.19. The number of pyridine rings is 2. The number of nitrogens with zero attached hydrogens (tertiary/aromatic N) is 2. The summed E-state index contributed by atoms with van der Waals surface area (Å²) in [6, 6.07) is 4.50. The van der Waals surface area contributed by atoms with Crippen molar-refractivity contribution in [2.24, 2.45) is 5.92 Å². The van der Waals surface area contributed by atoms with Gasteiger partial charge in [-0.1, -0.05) is 0 Å². The van der Waals surface area contributed by atoms with Gasteiger partial charge in [0.1, 0.15) is 11.5 Å². The molecule has 2 aromatic heterocycles. The number of hydrogen-bond donors (Lipinski definition) is 3. The van der Waals surface area contributed by atoms with Crippen molar-refractivity contribution < 1.29 is 14.0 Å². The quantitative estimate of drug-likeness (QED) is 0.622. The van der Waals surface area contributed by atoms with Crippen molar-refractivity contribution in [3.05, 3.63) is 53.9 Å². The lowest BCUT2D eigenvalue weighted by Gasteiger charge is -2.28. The van der Waals surface area contributed by atoms with Gasteiger partial charge in [0.05, 0.1) is 6.20 Å². The molecule has 2 heterocycles. The maximum atomic E-state index is 12.9. The van der Waals surface area contributed by atoms with E-state index in [1.54, 1.807) is 12.4 Å². The molecule has 3 rings (SSSR count). The van der Waals surface area contributed by atoms with Crippen LogP contribution in [0.15, 0.2) is 36.8 Å². The number of rotatable bonds is 7. The molecule has 29 heavy (non-hydrogen) atoms. The molecule has 3 N–H and O–H groups in total. The van der Waals surface area contributed by atoms with Gasteiger partial charge < -0.3 is 16.0 Å². The lowest BCUT2D eigenvalue weighted by Crippen LogP contribution is -2.41. The number of aryl methyl sites for hydroxylation is 1. The van der Waals surface area contributed by atoms with Crippen molar-refractivity contribution in [2.45, 2.75) is 38.6 Å². The molecule has 0 spiro atoms. The van der Waals surface area contributed by atoms with Crippen LogP contribution in [0.4, 0.5) is 10.1 Å². The zero-order valence-corrected chi connectivity index (χ0v) is 16.5. The fourth-order valence-corrected chi connectivity index (χ4v) is 3.47. The van der Waals surface area contributed by atoms with Gasteiger partial charge in [0.15, 0.2) is 0 Å². The normalized spacial score (nSPS) is 18.7. The first-order chi connectivity index (χ1) is 14.0. The first-order valence-corrected chi connectivity index (χ1v) is 9.87. The molecule has 0 unspecified atom stereocenters. The average Bonchev–Trinajstić information content (AvgIpc) is 2.73. The summed E-state index contributed by atoms with van der Waals surface area (Å²) < 4.78 is 12.9. The number of anilines is 1. The molecule has 1 saturated carbocycles. The summed E-state index contributed by atoms with van der Waals surface area (Å²) in [6.45, 7) is 3.18. The SMILES string of the molecule is Cc1cnccc1NCCNC(=O)C1CCC(NC(=O)c2ccc(F)cn2)CC1. The molecule has 154 valence electrons. The van der Waals surface area contributed by atoms with Gasteiger partial charge in [-0.25, -0.2) is 9.37 Å². The largest absolute Gasteiger partial charge is 0.383 e. The number of aromatic nitrogens is 2. The standard InChI is InChI=1S/C21H26FN5O2/c1-14-12-23-9-8-18(14)24-10-11-25-20(28)15-2-5-17(6-3-15)27-21(29)19-7-4-16(22)13-26-19/h4,7-9,12-13,15,17H,2-3,5-6,10-11H2,1H3,(H,23,24)(H,25,28)(H,27,29). The van der Waals surface area contributed by atoms with Crippen LogP contribution in [0.3, 0.4) is 0 Å². The Balaban J connectivity index is 1.35. The van der Waals surface area contributed by atoms with Crippen LogP contribution in [0.2, 0.25) is 0 Å². The number of hydrogen-bond acceptors (Lipinski definition) is 5. The molecule has 0 radical (unpaired) electrons. The monoisotopic (exact) mass is 399 g/mol. The molecule has 2 aromatic rings. The van der Waals surface area contributed by atoms with Crippen LogP contribution in [0.25, 0.3) is 0 Å². The van der Waals surface area contributed by atoms with Gasteiger partial charge in [-0.2, -0.15) is 0 Å². The van der Waals surface area contributed by atoms with Gasteiger partial charge in [0.2, 0.25) is 5.91 Å². The Morgan fingerprint density at radius 1 is 1.10 bits per heavy atom. The summed E-state index contributed by atoms with van der Waals surface area (Å²) in [5.74, 6) is -0.757. The van der Waals surface area contributed by atoms with E-state index in [4.69, 9.17) is 0 Å². The van der Waals surface area contributed by atoms with E-state index in [-0.39, 0.29) is 29.5 Å². The van der Waals surface area contributed by atoms with Crippen LogP contribution in [-0.4, -0.2) is 40.9 Å². The van der Waals surface area contributed by atoms with E-state index in [2.05, 4.69) is 25.9 Å². The van der Waals surface area contributed by atoms with Gasteiger partial charge in [-0.05, 0) is 56.4 Å². The summed E-state index contributed by atoms with van der Waals surface area (Å²) in [6.07, 6.45) is 7.48. The highest BCUT2D eigenvalue weighted by molar-refractivity contribution is 5.92. The Hall–Kier alpha value is -3.03. The molecule has 1 aliphatic carbocycles. The van der Waals surface area contributed by atoms with E-state index < -0.39 is 5.82 Å². The van der Waals surface area contributed by atoms with Crippen LogP contribution in [-0.2, 0) is 4.79 Å². The van der Waals surface area contributed by atoms with Gasteiger partial charge >= 0.3 is 0 Å². The van der Waals surface area contributed by atoms with Crippen LogP contribution in [0, 0.1) is 18.7 Å². The molecular weight excluding hydrogens is 373 g/mol. The van der Waals surface area contributed by atoms with E-state index >= 15 is 0 Å². The minimum Gasteiger partial charge on any atom is -0.383 e. The maximum Gasteiger partial charge on any atom is 0.270 e. The molecular formula is C21H26FN5O2. The second kappa shape index (κ2) is 9.95. The molecule has 2 amide bonds. The van der Waals surface area contributed by atoms with E-state index in [1.807, 2.05) is 13.0 Å². The molecule has 0 saturated heterocycles. The van der Waals surface area contributed by atoms with Crippen molar-refractivity contribution in [1.82, 2.24) is 20.6 Å². The molecule has 7 nitrogen and oxygen atoms in total. The fourth-order valence-electron chi connectivity index (χ4n) is 3.47. The lowest BCUT2D eigenvalue weighted by atomic mass is 9.85. The third-order valence-corrected chi connectivity index (χ3v) is 5.15. The summed E-state index contributed by atoms with van der Waals surface area (Å²) >= 11 is 0. The van der Waals surface area contributed by atoms with Crippen molar-refractivity contribution in [1.29, 1.82) is 0 Å². The summed E-state index contributed by atoms with van der Waals surface area (Å²) in [4.78, 5) is 32.4. The van der Waals surface area contributed by atoms with Crippen molar-refractivity contribution in [3.8, 4) is 0 Å². The fraction of sp³-hybridized carbons (Fsp3) is 0.429. The van der Waals surface area contributed by atoms with Crippen LogP contribution in [0.1, 0.15) is 41.7 Å². The molecule has 1 aliphatic rings. The van der Waals surface area contributed by atoms with Gasteiger partial charge in [0.25, 0.3) is 5.91 Å².